The number of Topliss-reactive ketones (excluding diaryl/α,β-unsaturated/α-hetero) is 1. The third-order valence-electron chi connectivity index (χ3n) is 2.55. The van der Waals surface area contributed by atoms with Crippen molar-refractivity contribution in [2.24, 2.45) is 4.99 Å². The van der Waals surface area contributed by atoms with Crippen molar-refractivity contribution in [1.29, 1.82) is 0 Å². The highest BCUT2D eigenvalue weighted by Crippen LogP contribution is 2.25. The number of fused-ring (bicyclic) bond motifs is 1. The first-order valence-corrected chi connectivity index (χ1v) is 5.31. The number of carbonyl (C=O) groups is 1. The van der Waals surface area contributed by atoms with Crippen LogP contribution in [0.4, 0.5) is 17.5 Å². The number of hydrogen-bond donors (Lipinski definition) is 3. The van der Waals surface area contributed by atoms with E-state index in [-0.39, 0.29) is 23.9 Å². The highest BCUT2D eigenvalue weighted by Gasteiger charge is 2.26. The van der Waals surface area contributed by atoms with Crippen LogP contribution in [0.25, 0.3) is 0 Å². The van der Waals surface area contributed by atoms with Crippen LogP contribution in [-0.2, 0) is 4.79 Å². The van der Waals surface area contributed by atoms with Gasteiger partial charge in [0.15, 0.2) is 11.5 Å². The van der Waals surface area contributed by atoms with Crippen LogP contribution < -0.4 is 16.2 Å². The van der Waals surface area contributed by atoms with Crippen LogP contribution in [0.2, 0.25) is 0 Å². The highest BCUT2D eigenvalue weighted by molar-refractivity contribution is 6.43. The lowest BCUT2D eigenvalue weighted by Gasteiger charge is -2.24. The van der Waals surface area contributed by atoms with Crippen molar-refractivity contribution in [3.63, 3.8) is 0 Å². The van der Waals surface area contributed by atoms with E-state index in [2.05, 4.69) is 15.0 Å². The summed E-state index contributed by atoms with van der Waals surface area (Å²) in [5.74, 6) is -0.201. The minimum Gasteiger partial charge on any atom is -0.385 e. The third-order valence-corrected chi connectivity index (χ3v) is 2.55. The summed E-state index contributed by atoms with van der Waals surface area (Å²) >= 11 is 0. The van der Waals surface area contributed by atoms with Crippen molar-refractivity contribution < 1.29 is 9.90 Å². The van der Waals surface area contributed by atoms with Crippen molar-refractivity contribution in [3.05, 3.63) is 10.4 Å². The summed E-state index contributed by atoms with van der Waals surface area (Å²) in [6.45, 7) is 1.53. The Morgan fingerprint density at radius 1 is 1.61 bits per heavy atom. The van der Waals surface area contributed by atoms with E-state index in [0.717, 1.165) is 0 Å². The Morgan fingerprint density at radius 3 is 2.89 bits per heavy atom. The lowest BCUT2D eigenvalue weighted by molar-refractivity contribution is -0.119. The molecule has 1 aliphatic rings. The van der Waals surface area contributed by atoms with Gasteiger partial charge in [-0.2, -0.15) is 4.98 Å². The van der Waals surface area contributed by atoms with Gasteiger partial charge in [0.25, 0.3) is 5.56 Å². The van der Waals surface area contributed by atoms with Gasteiger partial charge in [-0.3, -0.25) is 14.6 Å². The van der Waals surface area contributed by atoms with Gasteiger partial charge in [0, 0.05) is 7.05 Å². The Balaban J connectivity index is 2.56. The topological polar surface area (TPSA) is 125 Å². The molecule has 8 heteroatoms. The predicted molar refractivity (Wildman–Crippen MR) is 66.3 cm³/mol. The lowest BCUT2D eigenvalue weighted by atomic mass is 10.1. The summed E-state index contributed by atoms with van der Waals surface area (Å²) in [5, 5.41) is 9.25. The number of rotatable bonds is 2. The lowest BCUT2D eigenvalue weighted by Crippen LogP contribution is -2.39. The number of hydrogen-bond acceptors (Lipinski definition) is 7. The molecule has 1 aliphatic heterocycles. The average Bonchev–Trinajstić information content (AvgIpc) is 2.29. The zero-order valence-corrected chi connectivity index (χ0v) is 9.97. The van der Waals surface area contributed by atoms with Gasteiger partial charge in [-0.15, -0.1) is 0 Å². The van der Waals surface area contributed by atoms with E-state index in [1.165, 1.54) is 6.92 Å². The van der Waals surface area contributed by atoms with Crippen LogP contribution in [0.3, 0.4) is 0 Å². The summed E-state index contributed by atoms with van der Waals surface area (Å²) < 4.78 is 0. The molecule has 0 saturated heterocycles. The molecule has 0 saturated carbocycles. The molecule has 18 heavy (non-hydrogen) atoms. The number of ketones is 1. The van der Waals surface area contributed by atoms with Crippen molar-refractivity contribution in [1.82, 2.24) is 9.97 Å². The Labute approximate surface area is 102 Å². The number of aliphatic hydroxyl groups is 1. The zero-order chi connectivity index (χ0) is 13.4. The first-order valence-electron chi connectivity index (χ1n) is 5.31. The van der Waals surface area contributed by atoms with Gasteiger partial charge in [0.05, 0.1) is 6.54 Å². The first-order chi connectivity index (χ1) is 8.40. The van der Waals surface area contributed by atoms with Gasteiger partial charge in [-0.1, -0.05) is 0 Å². The van der Waals surface area contributed by atoms with Crippen LogP contribution in [0.15, 0.2) is 9.79 Å². The van der Waals surface area contributed by atoms with Crippen molar-refractivity contribution in [2.75, 3.05) is 24.2 Å². The van der Waals surface area contributed by atoms with Crippen LogP contribution in [-0.4, -0.2) is 46.3 Å². The fourth-order valence-corrected chi connectivity index (χ4v) is 1.68. The molecule has 0 aromatic carbocycles. The van der Waals surface area contributed by atoms with Crippen molar-refractivity contribution in [2.45, 2.75) is 13.0 Å². The number of aromatic nitrogens is 2. The summed E-state index contributed by atoms with van der Waals surface area (Å²) in [4.78, 5) is 35.2. The SMILES string of the molecule is CC(O)C(=O)C1=Nc2c(nc(N)[nH]c2=O)N(C)C1. The maximum Gasteiger partial charge on any atom is 0.280 e. The van der Waals surface area contributed by atoms with Gasteiger partial charge in [-0.05, 0) is 6.92 Å². The molecule has 2 rings (SSSR count). The molecule has 0 radical (unpaired) electrons. The molecule has 1 aromatic heterocycles. The number of nitrogens with one attached hydrogen (secondary N) is 1. The summed E-state index contributed by atoms with van der Waals surface area (Å²) in [6.07, 6.45) is -1.15. The first kappa shape index (κ1) is 12.2. The number of carbonyl (C=O) groups excluding carboxylic acids is 1. The molecule has 96 valence electrons. The number of nitrogen functional groups attached to an aromatic ring is 1. The van der Waals surface area contributed by atoms with E-state index in [4.69, 9.17) is 5.73 Å². The fraction of sp³-hybridized carbons (Fsp3) is 0.400. The number of anilines is 2. The monoisotopic (exact) mass is 251 g/mol. The van der Waals surface area contributed by atoms with E-state index < -0.39 is 17.4 Å². The summed E-state index contributed by atoms with van der Waals surface area (Å²) in [5.41, 5.74) is 5.08. The molecule has 0 fully saturated rings. The molecule has 0 spiro atoms. The Kier molecular flexibility index (Phi) is 2.87. The average molecular weight is 251 g/mol. The normalized spacial score (nSPS) is 15.9. The maximum absolute atomic E-state index is 11.7. The molecule has 8 nitrogen and oxygen atoms in total. The van der Waals surface area contributed by atoms with Crippen molar-refractivity contribution in [3.8, 4) is 0 Å². The van der Waals surface area contributed by atoms with E-state index in [1.807, 2.05) is 0 Å². The number of aliphatic hydroxyl groups excluding tert-OH is 1. The smallest absolute Gasteiger partial charge is 0.280 e. The minimum absolute atomic E-state index is 0.00824. The standard InChI is InChI=1S/C10H13N5O3/c1-4(16)7(17)5-3-15(2)8-6(12-5)9(18)14-10(11)13-8/h4,16H,3H2,1-2H3,(H3,11,13,14,18). The number of nitrogens with zero attached hydrogens (tertiary/aromatic N) is 3. The molecular formula is C10H13N5O3. The van der Waals surface area contributed by atoms with Gasteiger partial charge < -0.3 is 15.7 Å². The molecule has 0 aliphatic carbocycles. The molecule has 4 N–H and O–H groups in total. The van der Waals surface area contributed by atoms with E-state index in [9.17, 15) is 14.7 Å². The zero-order valence-electron chi connectivity index (χ0n) is 9.97. The van der Waals surface area contributed by atoms with Crippen LogP contribution in [0, 0.1) is 0 Å². The Bertz CT molecular complexity index is 590. The van der Waals surface area contributed by atoms with Crippen LogP contribution >= 0.6 is 0 Å². The number of nitrogens with two attached hydrogens (primary N) is 1. The van der Waals surface area contributed by atoms with Crippen LogP contribution in [0.1, 0.15) is 6.92 Å². The highest BCUT2D eigenvalue weighted by atomic mass is 16.3. The Hall–Kier alpha value is -2.22. The van der Waals surface area contributed by atoms with Crippen LogP contribution in [0.5, 0.6) is 0 Å². The molecule has 0 amide bonds. The number of H-pyrrole nitrogens is 1. The molecule has 1 atom stereocenters. The Morgan fingerprint density at radius 2 is 2.28 bits per heavy atom. The largest absolute Gasteiger partial charge is 0.385 e. The number of aromatic amines is 1. The third kappa shape index (κ3) is 1.97. The summed E-state index contributed by atoms with van der Waals surface area (Å²) in [7, 11) is 1.66. The maximum atomic E-state index is 11.7. The van der Waals surface area contributed by atoms with Gasteiger partial charge in [0.1, 0.15) is 11.8 Å². The molecule has 1 aromatic rings. The minimum atomic E-state index is -1.15. The molecular weight excluding hydrogens is 238 g/mol. The van der Waals surface area contributed by atoms with Crippen molar-refractivity contribution >= 4 is 28.9 Å². The molecule has 0 bridgehead atoms. The van der Waals surface area contributed by atoms with Gasteiger partial charge in [0.2, 0.25) is 11.7 Å². The second kappa shape index (κ2) is 4.22. The van der Waals surface area contributed by atoms with Gasteiger partial charge in [-0.25, -0.2) is 4.99 Å². The molecule has 2 heterocycles. The van der Waals surface area contributed by atoms with E-state index in [1.54, 1.807) is 11.9 Å². The second-order valence-electron chi connectivity index (χ2n) is 4.08. The van der Waals surface area contributed by atoms with E-state index in [0.29, 0.717) is 5.82 Å². The predicted octanol–water partition coefficient (Wildman–Crippen LogP) is -1.18. The quantitative estimate of drug-likeness (QED) is 0.608. The summed E-state index contributed by atoms with van der Waals surface area (Å²) in [6, 6.07) is 0. The number of aliphatic imine (C=N–C) groups is 1. The molecule has 1 unspecified atom stereocenters. The fourth-order valence-electron chi connectivity index (χ4n) is 1.68. The van der Waals surface area contributed by atoms with E-state index >= 15 is 0 Å². The second-order valence-corrected chi connectivity index (χ2v) is 4.08. The van der Waals surface area contributed by atoms with Gasteiger partial charge >= 0.3 is 0 Å².